The second-order valence-electron chi connectivity index (χ2n) is 7.98. The quantitative estimate of drug-likeness (QED) is 0.676. The van der Waals surface area contributed by atoms with Crippen LogP contribution in [0, 0.1) is 5.92 Å². The maximum Gasteiger partial charge on any atom is 0.339 e. The van der Waals surface area contributed by atoms with E-state index in [0.29, 0.717) is 37.4 Å². The number of hydrogen-bond donors (Lipinski definition) is 1. The smallest absolute Gasteiger partial charge is 0.339 e. The van der Waals surface area contributed by atoms with E-state index in [1.807, 2.05) is 13.8 Å². The Morgan fingerprint density at radius 1 is 1.27 bits per heavy atom. The van der Waals surface area contributed by atoms with Gasteiger partial charge in [-0.25, -0.2) is 13.2 Å². The van der Waals surface area contributed by atoms with E-state index in [1.165, 1.54) is 23.5 Å². The number of benzene rings is 1. The molecule has 2 heterocycles. The van der Waals surface area contributed by atoms with Gasteiger partial charge in [-0.3, -0.25) is 4.79 Å². The van der Waals surface area contributed by atoms with Gasteiger partial charge < -0.3 is 14.9 Å². The Bertz CT molecular complexity index is 949. The molecule has 2 aliphatic heterocycles. The van der Waals surface area contributed by atoms with E-state index in [1.54, 1.807) is 12.1 Å². The first kappa shape index (κ1) is 22.2. The highest BCUT2D eigenvalue weighted by Crippen LogP contribution is 2.36. The largest absolute Gasteiger partial charge is 0.465 e. The number of hydrogen-bond acceptors (Lipinski definition) is 7. The number of carbonyl (C=O) groups excluding carboxylic acids is 2. The molecule has 0 atom stereocenters. The van der Waals surface area contributed by atoms with Crippen molar-refractivity contribution in [1.82, 2.24) is 9.62 Å². The standard InChI is InChI=1S/C20H27N3O6S/c1-14(2)13-21-18(24)16-12-20(29-22-16)8-10-23(11-9-20)30(26,27)17-7-5-4-6-15(17)19(25)28-3/h4-7,14H,8-13H2,1-3H3,(H,21,24). The number of sulfonamides is 1. The van der Waals surface area contributed by atoms with Crippen molar-refractivity contribution in [2.24, 2.45) is 11.1 Å². The van der Waals surface area contributed by atoms with Crippen LogP contribution in [0.25, 0.3) is 0 Å². The van der Waals surface area contributed by atoms with Crippen LogP contribution in [-0.2, 0) is 24.4 Å². The summed E-state index contributed by atoms with van der Waals surface area (Å²) in [4.78, 5) is 29.7. The molecule has 30 heavy (non-hydrogen) atoms. The number of piperidine rings is 1. The normalized spacial score (nSPS) is 18.7. The van der Waals surface area contributed by atoms with Gasteiger partial charge in [-0.15, -0.1) is 0 Å². The summed E-state index contributed by atoms with van der Waals surface area (Å²) in [5.74, 6) is -0.623. The Labute approximate surface area is 176 Å². The molecule has 2 aliphatic rings. The van der Waals surface area contributed by atoms with Gasteiger partial charge in [0.2, 0.25) is 10.0 Å². The molecule has 0 aliphatic carbocycles. The summed E-state index contributed by atoms with van der Waals surface area (Å²) in [5, 5.41) is 6.78. The first-order chi connectivity index (χ1) is 14.2. The van der Waals surface area contributed by atoms with Crippen molar-refractivity contribution in [3.8, 4) is 0 Å². The van der Waals surface area contributed by atoms with Crippen LogP contribution in [0.4, 0.5) is 0 Å². The zero-order chi connectivity index (χ0) is 21.9. The summed E-state index contributed by atoms with van der Waals surface area (Å²) in [6.07, 6.45) is 1.15. The van der Waals surface area contributed by atoms with Crippen LogP contribution in [-0.4, -0.2) is 62.7 Å². The molecule has 0 bridgehead atoms. The molecule has 1 aromatic carbocycles. The van der Waals surface area contributed by atoms with Gasteiger partial charge in [-0.2, -0.15) is 4.31 Å². The number of carbonyl (C=O) groups is 2. The van der Waals surface area contributed by atoms with Crippen LogP contribution in [0.1, 0.15) is 43.5 Å². The van der Waals surface area contributed by atoms with E-state index < -0.39 is 21.6 Å². The molecule has 0 aromatic heterocycles. The number of rotatable bonds is 6. The molecule has 1 saturated heterocycles. The molecule has 1 N–H and O–H groups in total. The fourth-order valence-electron chi connectivity index (χ4n) is 3.55. The van der Waals surface area contributed by atoms with Crippen molar-refractivity contribution >= 4 is 27.6 Å². The number of amides is 1. The summed E-state index contributed by atoms with van der Waals surface area (Å²) in [5.41, 5.74) is -0.328. The van der Waals surface area contributed by atoms with Crippen molar-refractivity contribution in [2.75, 3.05) is 26.7 Å². The van der Waals surface area contributed by atoms with Crippen molar-refractivity contribution in [2.45, 2.75) is 43.6 Å². The van der Waals surface area contributed by atoms with E-state index in [2.05, 4.69) is 10.5 Å². The number of ether oxygens (including phenoxy) is 1. The van der Waals surface area contributed by atoms with Crippen molar-refractivity contribution in [1.29, 1.82) is 0 Å². The highest BCUT2D eigenvalue weighted by atomic mass is 32.2. The fourth-order valence-corrected chi connectivity index (χ4v) is 5.17. The van der Waals surface area contributed by atoms with E-state index in [9.17, 15) is 18.0 Å². The molecule has 1 spiro atoms. The first-order valence-electron chi connectivity index (χ1n) is 9.89. The molecule has 3 rings (SSSR count). The number of nitrogens with zero attached hydrogens (tertiary/aromatic N) is 2. The van der Waals surface area contributed by atoms with Crippen LogP contribution < -0.4 is 5.32 Å². The van der Waals surface area contributed by atoms with Crippen LogP contribution >= 0.6 is 0 Å². The number of esters is 1. The summed E-state index contributed by atoms with van der Waals surface area (Å²) in [7, 11) is -2.67. The number of nitrogens with one attached hydrogen (secondary N) is 1. The lowest BCUT2D eigenvalue weighted by atomic mass is 9.87. The third-order valence-electron chi connectivity index (χ3n) is 5.32. The second-order valence-corrected chi connectivity index (χ2v) is 9.89. The van der Waals surface area contributed by atoms with E-state index in [-0.39, 0.29) is 29.5 Å². The molecule has 1 fully saturated rings. The SMILES string of the molecule is COC(=O)c1ccccc1S(=O)(=O)N1CCC2(CC1)CC(C(=O)NCC(C)C)=NO2. The van der Waals surface area contributed by atoms with Gasteiger partial charge in [0.1, 0.15) is 11.3 Å². The second kappa shape index (κ2) is 8.73. The molecule has 0 unspecified atom stereocenters. The summed E-state index contributed by atoms with van der Waals surface area (Å²) in [6.45, 7) is 4.96. The van der Waals surface area contributed by atoms with E-state index in [0.717, 1.165) is 0 Å². The van der Waals surface area contributed by atoms with Gasteiger partial charge >= 0.3 is 5.97 Å². The highest BCUT2D eigenvalue weighted by molar-refractivity contribution is 7.89. The molecule has 1 amide bonds. The van der Waals surface area contributed by atoms with Gasteiger partial charge in [-0.05, 0) is 18.1 Å². The maximum absolute atomic E-state index is 13.1. The van der Waals surface area contributed by atoms with Gasteiger partial charge in [0.15, 0.2) is 0 Å². The van der Waals surface area contributed by atoms with Gasteiger partial charge in [-0.1, -0.05) is 31.1 Å². The lowest BCUT2D eigenvalue weighted by molar-refractivity contribution is -0.115. The Morgan fingerprint density at radius 2 is 1.93 bits per heavy atom. The Kier molecular flexibility index (Phi) is 6.47. The molecule has 10 heteroatoms. The van der Waals surface area contributed by atoms with Crippen LogP contribution in [0.15, 0.2) is 34.3 Å². The molecule has 1 aromatic rings. The molecule has 0 radical (unpaired) electrons. The topological polar surface area (TPSA) is 114 Å². The van der Waals surface area contributed by atoms with Crippen molar-refractivity contribution in [3.63, 3.8) is 0 Å². The summed E-state index contributed by atoms with van der Waals surface area (Å²) < 4.78 is 32.3. The first-order valence-corrected chi connectivity index (χ1v) is 11.3. The van der Waals surface area contributed by atoms with E-state index >= 15 is 0 Å². The fraction of sp³-hybridized carbons (Fsp3) is 0.550. The van der Waals surface area contributed by atoms with Crippen LogP contribution in [0.2, 0.25) is 0 Å². The lowest BCUT2D eigenvalue weighted by Gasteiger charge is -2.36. The minimum atomic E-state index is -3.88. The van der Waals surface area contributed by atoms with Crippen LogP contribution in [0.5, 0.6) is 0 Å². The Hall–Kier alpha value is -2.46. The average Bonchev–Trinajstić information content (AvgIpc) is 3.15. The number of methoxy groups -OCH3 is 1. The third-order valence-corrected chi connectivity index (χ3v) is 7.27. The third kappa shape index (κ3) is 4.49. The van der Waals surface area contributed by atoms with Gasteiger partial charge in [0.05, 0.1) is 17.6 Å². The predicted molar refractivity (Wildman–Crippen MR) is 109 cm³/mol. The molecule has 0 saturated carbocycles. The predicted octanol–water partition coefficient (Wildman–Crippen LogP) is 1.54. The van der Waals surface area contributed by atoms with E-state index in [4.69, 9.17) is 9.57 Å². The van der Waals surface area contributed by atoms with Gasteiger partial charge in [0.25, 0.3) is 5.91 Å². The minimum absolute atomic E-state index is 0.00449. The molecule has 9 nitrogen and oxygen atoms in total. The Morgan fingerprint density at radius 3 is 2.57 bits per heavy atom. The van der Waals surface area contributed by atoms with Crippen LogP contribution in [0.3, 0.4) is 0 Å². The Balaban J connectivity index is 1.67. The number of oxime groups is 1. The maximum atomic E-state index is 13.1. The zero-order valence-corrected chi connectivity index (χ0v) is 18.2. The average molecular weight is 438 g/mol. The van der Waals surface area contributed by atoms with Crippen molar-refractivity contribution < 1.29 is 27.6 Å². The monoisotopic (exact) mass is 437 g/mol. The van der Waals surface area contributed by atoms with Crippen molar-refractivity contribution in [3.05, 3.63) is 29.8 Å². The highest BCUT2D eigenvalue weighted by Gasteiger charge is 2.46. The minimum Gasteiger partial charge on any atom is -0.465 e. The molecular weight excluding hydrogens is 410 g/mol. The zero-order valence-electron chi connectivity index (χ0n) is 17.4. The molecule has 164 valence electrons. The lowest BCUT2D eigenvalue weighted by Crippen LogP contribution is -2.47. The van der Waals surface area contributed by atoms with Gasteiger partial charge in [0, 0.05) is 38.9 Å². The molecular formula is C20H27N3O6S. The summed E-state index contributed by atoms with van der Waals surface area (Å²) >= 11 is 0. The summed E-state index contributed by atoms with van der Waals surface area (Å²) in [6, 6.07) is 5.99.